The van der Waals surface area contributed by atoms with E-state index in [2.05, 4.69) is 0 Å². The number of rotatable bonds is 3. The molecule has 0 aromatic heterocycles. The van der Waals surface area contributed by atoms with Crippen LogP contribution >= 0.6 is 11.8 Å². The van der Waals surface area contributed by atoms with E-state index in [1.165, 1.54) is 6.07 Å². The Balaban J connectivity index is 2.58. The first-order chi connectivity index (χ1) is 10.3. The zero-order valence-corrected chi connectivity index (χ0v) is 11.8. The van der Waals surface area contributed by atoms with Crippen LogP contribution in [-0.4, -0.2) is 0 Å². The maximum Gasteiger partial charge on any atom is 0.192 e. The van der Waals surface area contributed by atoms with Crippen molar-refractivity contribution >= 4 is 16.7 Å². The first-order valence-corrected chi connectivity index (χ1v) is 6.95. The summed E-state index contributed by atoms with van der Waals surface area (Å²) in [6.07, 6.45) is 0. The van der Waals surface area contributed by atoms with Crippen LogP contribution in [0.5, 0.6) is 0 Å². The van der Waals surface area contributed by atoms with Crippen molar-refractivity contribution in [2.24, 2.45) is 0 Å². The molecule has 100 valence electrons. The minimum atomic E-state index is -0.145. The summed E-state index contributed by atoms with van der Waals surface area (Å²) >= 11 is 1.14. The highest BCUT2D eigenvalue weighted by atomic mass is 32.2. The van der Waals surface area contributed by atoms with Gasteiger partial charge in [-0.2, -0.15) is 10.5 Å². The molecule has 0 aliphatic rings. The van der Waals surface area contributed by atoms with E-state index in [4.69, 9.17) is 10.5 Å². The molecule has 0 radical (unpaired) electrons. The van der Waals surface area contributed by atoms with Gasteiger partial charge >= 0.3 is 0 Å². The van der Waals surface area contributed by atoms with Gasteiger partial charge in [0.05, 0.1) is 4.90 Å². The number of hydrogen-bond donors (Lipinski definition) is 0. The summed E-state index contributed by atoms with van der Waals surface area (Å²) < 4.78 is 0. The molecule has 0 heterocycles. The Bertz CT molecular complexity index is 798. The normalized spacial score (nSPS) is 9.24. The van der Waals surface area contributed by atoms with Crippen LogP contribution in [0.1, 0.15) is 5.56 Å². The number of allylic oxidation sites excluding steroid dienone is 1. The standard InChI is InChI=1S/C17H10N2OS/c18-11-14(12-19)17(13-7-3-1-4-8-13)21-16-10-6-2-5-9-15(16)20/h1-10H. The van der Waals surface area contributed by atoms with Crippen LogP contribution in [0.3, 0.4) is 0 Å². The first kappa shape index (κ1) is 14.6. The maximum atomic E-state index is 12.0. The highest BCUT2D eigenvalue weighted by Crippen LogP contribution is 2.34. The van der Waals surface area contributed by atoms with Gasteiger partial charge in [0.25, 0.3) is 0 Å². The predicted octanol–water partition coefficient (Wildman–Crippen LogP) is 3.60. The Kier molecular flexibility index (Phi) is 4.93. The summed E-state index contributed by atoms with van der Waals surface area (Å²) in [7, 11) is 0. The van der Waals surface area contributed by atoms with Crippen LogP contribution in [-0.2, 0) is 0 Å². The summed E-state index contributed by atoms with van der Waals surface area (Å²) in [4.78, 5) is 12.9. The summed E-state index contributed by atoms with van der Waals surface area (Å²) in [6, 6.07) is 21.2. The molecule has 0 N–H and O–H groups in total. The van der Waals surface area contributed by atoms with E-state index in [9.17, 15) is 4.79 Å². The third-order valence-corrected chi connectivity index (χ3v) is 3.86. The maximum absolute atomic E-state index is 12.0. The SMILES string of the molecule is N#CC(C#N)=C(Sc1cccccc1=O)c1ccccc1. The fourth-order valence-corrected chi connectivity index (χ4v) is 2.66. The Hall–Kier alpha value is -2.82. The molecule has 21 heavy (non-hydrogen) atoms. The summed E-state index contributed by atoms with van der Waals surface area (Å²) in [5, 5.41) is 18.3. The Morgan fingerprint density at radius 2 is 1.43 bits per heavy atom. The molecule has 0 saturated carbocycles. The van der Waals surface area contributed by atoms with Gasteiger partial charge < -0.3 is 0 Å². The van der Waals surface area contributed by atoms with E-state index in [0.29, 0.717) is 9.80 Å². The van der Waals surface area contributed by atoms with Gasteiger partial charge in [0.15, 0.2) is 5.43 Å². The Morgan fingerprint density at radius 1 is 0.857 bits per heavy atom. The lowest BCUT2D eigenvalue weighted by Gasteiger charge is -2.06. The molecule has 0 bridgehead atoms. The topological polar surface area (TPSA) is 64.7 Å². The van der Waals surface area contributed by atoms with Crippen LogP contribution in [0, 0.1) is 22.7 Å². The predicted molar refractivity (Wildman–Crippen MR) is 83.2 cm³/mol. The summed E-state index contributed by atoms with van der Waals surface area (Å²) in [6.45, 7) is 0. The third-order valence-electron chi connectivity index (χ3n) is 2.66. The highest BCUT2D eigenvalue weighted by molar-refractivity contribution is 8.08. The molecule has 0 atom stereocenters. The molecule has 2 aromatic rings. The summed E-state index contributed by atoms with van der Waals surface area (Å²) in [5.41, 5.74) is 0.595. The molecule has 0 saturated heterocycles. The average molecular weight is 290 g/mol. The smallest absolute Gasteiger partial charge is 0.192 e. The van der Waals surface area contributed by atoms with Gasteiger partial charge in [0, 0.05) is 4.91 Å². The third kappa shape index (κ3) is 3.60. The van der Waals surface area contributed by atoms with Gasteiger partial charge in [-0.25, -0.2) is 0 Å². The van der Waals surface area contributed by atoms with Crippen molar-refractivity contribution in [1.82, 2.24) is 0 Å². The highest BCUT2D eigenvalue weighted by Gasteiger charge is 2.12. The van der Waals surface area contributed by atoms with Crippen LogP contribution in [0.15, 0.2) is 75.9 Å². The van der Waals surface area contributed by atoms with Gasteiger partial charge in [-0.1, -0.05) is 60.3 Å². The number of hydrogen-bond acceptors (Lipinski definition) is 4. The van der Waals surface area contributed by atoms with Crippen molar-refractivity contribution < 1.29 is 0 Å². The Morgan fingerprint density at radius 3 is 2.05 bits per heavy atom. The Labute approximate surface area is 126 Å². The number of nitrogens with zero attached hydrogens (tertiary/aromatic N) is 2. The fourth-order valence-electron chi connectivity index (χ4n) is 1.68. The average Bonchev–Trinajstić information content (AvgIpc) is 2.73. The monoisotopic (exact) mass is 290 g/mol. The van der Waals surface area contributed by atoms with Crippen molar-refractivity contribution in [3.63, 3.8) is 0 Å². The van der Waals surface area contributed by atoms with Crippen LogP contribution in [0.4, 0.5) is 0 Å². The van der Waals surface area contributed by atoms with Crippen LogP contribution in [0.25, 0.3) is 4.91 Å². The molecule has 2 rings (SSSR count). The molecular weight excluding hydrogens is 280 g/mol. The number of benzene rings is 1. The van der Waals surface area contributed by atoms with Gasteiger partial charge in [0.1, 0.15) is 17.7 Å². The van der Waals surface area contributed by atoms with E-state index >= 15 is 0 Å². The quantitative estimate of drug-likeness (QED) is 0.640. The molecule has 4 heteroatoms. The lowest BCUT2D eigenvalue weighted by atomic mass is 10.1. The van der Waals surface area contributed by atoms with Gasteiger partial charge in [-0.05, 0) is 17.7 Å². The molecule has 0 fully saturated rings. The molecule has 0 spiro atoms. The van der Waals surface area contributed by atoms with Crippen molar-refractivity contribution in [2.75, 3.05) is 0 Å². The largest absolute Gasteiger partial charge is 0.289 e. The van der Waals surface area contributed by atoms with Gasteiger partial charge in [-0.15, -0.1) is 0 Å². The second kappa shape index (κ2) is 7.09. The van der Waals surface area contributed by atoms with E-state index in [1.807, 2.05) is 42.5 Å². The fraction of sp³-hybridized carbons (Fsp3) is 0. The van der Waals surface area contributed by atoms with Crippen molar-refractivity contribution in [2.45, 2.75) is 4.90 Å². The van der Waals surface area contributed by atoms with E-state index in [-0.39, 0.29) is 11.0 Å². The van der Waals surface area contributed by atoms with E-state index < -0.39 is 0 Å². The first-order valence-electron chi connectivity index (χ1n) is 6.13. The van der Waals surface area contributed by atoms with Crippen molar-refractivity contribution in [1.29, 1.82) is 10.5 Å². The minimum absolute atomic E-state index is 0.00268. The second-order valence-corrected chi connectivity index (χ2v) is 5.09. The molecule has 2 aromatic carbocycles. The zero-order valence-electron chi connectivity index (χ0n) is 11.0. The second-order valence-electron chi connectivity index (χ2n) is 4.04. The molecule has 3 nitrogen and oxygen atoms in total. The molecule has 0 amide bonds. The van der Waals surface area contributed by atoms with Gasteiger partial charge in [0.2, 0.25) is 0 Å². The van der Waals surface area contributed by atoms with Crippen LogP contribution < -0.4 is 5.43 Å². The number of thioether (sulfide) groups is 1. The summed E-state index contributed by atoms with van der Waals surface area (Å²) in [5.74, 6) is 0. The lowest BCUT2D eigenvalue weighted by molar-refractivity contribution is 1.41. The van der Waals surface area contributed by atoms with Gasteiger partial charge in [-0.3, -0.25) is 4.79 Å². The lowest BCUT2D eigenvalue weighted by Crippen LogP contribution is -1.98. The van der Waals surface area contributed by atoms with Crippen molar-refractivity contribution in [3.8, 4) is 12.1 Å². The molecule has 0 aliphatic heterocycles. The zero-order chi connectivity index (χ0) is 15.1. The molecule has 0 unspecified atom stereocenters. The number of nitriles is 2. The van der Waals surface area contributed by atoms with Crippen molar-refractivity contribution in [3.05, 3.63) is 82.0 Å². The molecular formula is C17H10N2OS. The minimum Gasteiger partial charge on any atom is -0.289 e. The van der Waals surface area contributed by atoms with E-state index in [1.54, 1.807) is 24.3 Å². The molecule has 0 aliphatic carbocycles. The van der Waals surface area contributed by atoms with Crippen LogP contribution in [0.2, 0.25) is 0 Å². The van der Waals surface area contributed by atoms with E-state index in [0.717, 1.165) is 17.3 Å².